The summed E-state index contributed by atoms with van der Waals surface area (Å²) in [7, 11) is 0. The van der Waals surface area contributed by atoms with Crippen LogP contribution in [0.15, 0.2) is 30.3 Å². The highest BCUT2D eigenvalue weighted by Gasteiger charge is 2.27. The SMILES string of the molecule is CCOC(=O)N1CCN(C(=O)[C@@H](N)CCCCNC(=O)OCc2ccccc2)CC1.Cl. The average Bonchev–Trinajstić information content (AvgIpc) is 2.77. The van der Waals surface area contributed by atoms with Crippen LogP contribution in [-0.2, 0) is 20.9 Å². The molecule has 0 aromatic heterocycles. The van der Waals surface area contributed by atoms with Crippen molar-refractivity contribution in [2.24, 2.45) is 5.73 Å². The number of carbonyl (C=O) groups excluding carboxylic acids is 3. The lowest BCUT2D eigenvalue weighted by atomic mass is 10.1. The molecule has 0 spiro atoms. The Labute approximate surface area is 189 Å². The number of piperazine rings is 1. The van der Waals surface area contributed by atoms with E-state index < -0.39 is 12.1 Å². The first-order valence-corrected chi connectivity index (χ1v) is 10.4. The topological polar surface area (TPSA) is 114 Å². The quantitative estimate of drug-likeness (QED) is 0.550. The third kappa shape index (κ3) is 9.44. The number of alkyl carbamates (subject to hydrolysis) is 1. The number of carbonyl (C=O) groups is 3. The summed E-state index contributed by atoms with van der Waals surface area (Å²) in [5.41, 5.74) is 6.97. The molecule has 2 rings (SSSR count). The second kappa shape index (κ2) is 14.5. The molecular weight excluding hydrogens is 424 g/mol. The van der Waals surface area contributed by atoms with Gasteiger partial charge in [-0.2, -0.15) is 0 Å². The Morgan fingerprint density at radius 3 is 2.32 bits per heavy atom. The molecular formula is C21H33ClN4O5. The second-order valence-corrected chi connectivity index (χ2v) is 7.10. The maximum absolute atomic E-state index is 12.5. The molecule has 1 aromatic carbocycles. The van der Waals surface area contributed by atoms with Crippen molar-refractivity contribution in [2.45, 2.75) is 38.8 Å². The molecule has 1 aliphatic heterocycles. The van der Waals surface area contributed by atoms with Crippen molar-refractivity contribution in [1.29, 1.82) is 0 Å². The second-order valence-electron chi connectivity index (χ2n) is 7.10. The maximum Gasteiger partial charge on any atom is 0.409 e. The molecule has 1 saturated heterocycles. The maximum atomic E-state index is 12.5. The van der Waals surface area contributed by atoms with Gasteiger partial charge in [-0.15, -0.1) is 12.4 Å². The zero-order chi connectivity index (χ0) is 21.8. The number of amides is 3. The Bertz CT molecular complexity index is 684. The van der Waals surface area contributed by atoms with E-state index in [1.807, 2.05) is 30.3 Å². The van der Waals surface area contributed by atoms with Crippen molar-refractivity contribution in [3.8, 4) is 0 Å². The fourth-order valence-corrected chi connectivity index (χ4v) is 3.14. The Kier molecular flexibility index (Phi) is 12.4. The number of hydrogen-bond donors (Lipinski definition) is 2. The summed E-state index contributed by atoms with van der Waals surface area (Å²) in [5, 5.41) is 2.70. The normalized spacial score (nSPS) is 14.3. The summed E-state index contributed by atoms with van der Waals surface area (Å²) in [6.45, 7) is 4.61. The van der Waals surface area contributed by atoms with Crippen molar-refractivity contribution in [3.05, 3.63) is 35.9 Å². The number of ether oxygens (including phenoxy) is 2. The van der Waals surface area contributed by atoms with Crippen molar-refractivity contribution >= 4 is 30.5 Å². The molecule has 3 amide bonds. The fraction of sp³-hybridized carbons (Fsp3) is 0.571. The molecule has 0 saturated carbocycles. The highest BCUT2D eigenvalue weighted by molar-refractivity contribution is 5.85. The third-order valence-electron chi connectivity index (χ3n) is 4.86. The first kappa shape index (κ1) is 26.5. The predicted octanol–water partition coefficient (Wildman–Crippen LogP) is 2.13. The lowest BCUT2D eigenvalue weighted by Gasteiger charge is -2.35. The van der Waals surface area contributed by atoms with E-state index in [1.165, 1.54) is 0 Å². The summed E-state index contributed by atoms with van der Waals surface area (Å²) >= 11 is 0. The van der Waals surface area contributed by atoms with Gasteiger partial charge in [0.05, 0.1) is 12.6 Å². The van der Waals surface area contributed by atoms with Gasteiger partial charge >= 0.3 is 12.2 Å². The van der Waals surface area contributed by atoms with E-state index in [1.54, 1.807) is 16.7 Å². The number of hydrogen-bond acceptors (Lipinski definition) is 6. The molecule has 31 heavy (non-hydrogen) atoms. The molecule has 174 valence electrons. The van der Waals surface area contributed by atoms with Crippen LogP contribution in [0, 0.1) is 0 Å². The van der Waals surface area contributed by atoms with Gasteiger partial charge in [0, 0.05) is 32.7 Å². The Balaban J connectivity index is 0.00000480. The van der Waals surface area contributed by atoms with E-state index in [0.29, 0.717) is 58.6 Å². The van der Waals surface area contributed by atoms with Crippen LogP contribution < -0.4 is 11.1 Å². The van der Waals surface area contributed by atoms with Crippen LogP contribution in [0.25, 0.3) is 0 Å². The van der Waals surface area contributed by atoms with Crippen LogP contribution >= 0.6 is 12.4 Å². The van der Waals surface area contributed by atoms with Crippen LogP contribution in [0.5, 0.6) is 0 Å². The predicted molar refractivity (Wildman–Crippen MR) is 119 cm³/mol. The summed E-state index contributed by atoms with van der Waals surface area (Å²) in [4.78, 5) is 39.2. The number of nitrogens with zero attached hydrogens (tertiary/aromatic N) is 2. The van der Waals surface area contributed by atoms with Gasteiger partial charge in [0.15, 0.2) is 0 Å². The van der Waals surface area contributed by atoms with Crippen molar-refractivity contribution in [2.75, 3.05) is 39.3 Å². The molecule has 1 heterocycles. The minimum absolute atomic E-state index is 0. The summed E-state index contributed by atoms with van der Waals surface area (Å²) in [6.07, 6.45) is 1.16. The van der Waals surface area contributed by atoms with E-state index in [2.05, 4.69) is 5.32 Å². The summed E-state index contributed by atoms with van der Waals surface area (Å²) < 4.78 is 10.1. The van der Waals surface area contributed by atoms with Crippen molar-refractivity contribution < 1.29 is 23.9 Å². The van der Waals surface area contributed by atoms with Crippen molar-refractivity contribution in [1.82, 2.24) is 15.1 Å². The number of nitrogens with one attached hydrogen (secondary N) is 1. The van der Waals surface area contributed by atoms with E-state index in [0.717, 1.165) is 5.56 Å². The van der Waals surface area contributed by atoms with Gasteiger partial charge in [0.2, 0.25) is 5.91 Å². The largest absolute Gasteiger partial charge is 0.450 e. The smallest absolute Gasteiger partial charge is 0.409 e. The molecule has 9 nitrogen and oxygen atoms in total. The Morgan fingerprint density at radius 1 is 1.03 bits per heavy atom. The van der Waals surface area contributed by atoms with E-state index in [-0.39, 0.29) is 31.0 Å². The molecule has 1 atom stereocenters. The van der Waals surface area contributed by atoms with Gasteiger partial charge in [-0.05, 0) is 31.7 Å². The molecule has 1 aliphatic rings. The number of rotatable bonds is 9. The molecule has 1 fully saturated rings. The van der Waals surface area contributed by atoms with Gasteiger partial charge in [-0.1, -0.05) is 30.3 Å². The van der Waals surface area contributed by atoms with Crippen LogP contribution in [0.4, 0.5) is 9.59 Å². The summed E-state index contributed by atoms with van der Waals surface area (Å²) in [6, 6.07) is 8.89. The first-order chi connectivity index (χ1) is 14.5. The zero-order valence-corrected chi connectivity index (χ0v) is 18.8. The summed E-state index contributed by atoms with van der Waals surface area (Å²) in [5.74, 6) is -0.103. The van der Waals surface area contributed by atoms with E-state index in [9.17, 15) is 14.4 Å². The standard InChI is InChI=1S/C21H32N4O5.ClH/c1-2-29-21(28)25-14-12-24(13-15-25)19(26)18(22)10-6-7-11-23-20(27)30-16-17-8-4-3-5-9-17;/h3-5,8-9,18H,2,6-7,10-16,22H2,1H3,(H,23,27);1H/t18-;/m0./s1. The molecule has 0 aliphatic carbocycles. The Hall–Kier alpha value is -2.52. The molecule has 0 unspecified atom stereocenters. The van der Waals surface area contributed by atoms with Gasteiger partial charge in [0.25, 0.3) is 0 Å². The fourth-order valence-electron chi connectivity index (χ4n) is 3.14. The zero-order valence-electron chi connectivity index (χ0n) is 18.0. The minimum Gasteiger partial charge on any atom is -0.450 e. The van der Waals surface area contributed by atoms with E-state index in [4.69, 9.17) is 15.2 Å². The number of benzene rings is 1. The average molecular weight is 457 g/mol. The van der Waals surface area contributed by atoms with Crippen LogP contribution in [-0.4, -0.2) is 73.3 Å². The molecule has 0 radical (unpaired) electrons. The molecule has 10 heteroatoms. The lowest BCUT2D eigenvalue weighted by Crippen LogP contribution is -2.54. The van der Waals surface area contributed by atoms with Crippen LogP contribution in [0.2, 0.25) is 0 Å². The van der Waals surface area contributed by atoms with Gasteiger partial charge in [-0.3, -0.25) is 4.79 Å². The van der Waals surface area contributed by atoms with Gasteiger partial charge in [0.1, 0.15) is 6.61 Å². The van der Waals surface area contributed by atoms with E-state index >= 15 is 0 Å². The first-order valence-electron chi connectivity index (χ1n) is 10.4. The molecule has 0 bridgehead atoms. The van der Waals surface area contributed by atoms with Crippen LogP contribution in [0.1, 0.15) is 31.7 Å². The third-order valence-corrected chi connectivity index (χ3v) is 4.86. The minimum atomic E-state index is -0.579. The highest BCUT2D eigenvalue weighted by Crippen LogP contribution is 2.08. The molecule has 3 N–H and O–H groups in total. The highest BCUT2D eigenvalue weighted by atomic mass is 35.5. The lowest BCUT2D eigenvalue weighted by molar-refractivity contribution is -0.134. The van der Waals surface area contributed by atoms with Gasteiger partial charge in [-0.25, -0.2) is 9.59 Å². The van der Waals surface area contributed by atoms with Crippen molar-refractivity contribution in [3.63, 3.8) is 0 Å². The number of nitrogens with two attached hydrogens (primary N) is 1. The monoisotopic (exact) mass is 456 g/mol. The van der Waals surface area contributed by atoms with Crippen LogP contribution in [0.3, 0.4) is 0 Å². The Morgan fingerprint density at radius 2 is 1.68 bits per heavy atom. The number of halogens is 1. The molecule has 1 aromatic rings. The van der Waals surface area contributed by atoms with Gasteiger partial charge < -0.3 is 30.3 Å². The number of unbranched alkanes of at least 4 members (excludes halogenated alkanes) is 1.